The predicted octanol–water partition coefficient (Wildman–Crippen LogP) is 3.17. The van der Waals surface area contributed by atoms with Crippen molar-refractivity contribution in [1.82, 2.24) is 4.90 Å². The topological polar surface area (TPSA) is 98.9 Å². The first-order valence-electron chi connectivity index (χ1n) is 8.67. The quantitative estimate of drug-likeness (QED) is 0.694. The van der Waals surface area contributed by atoms with Gasteiger partial charge in [0.05, 0.1) is 41.1 Å². The highest BCUT2D eigenvalue weighted by atomic mass is 35.5. The van der Waals surface area contributed by atoms with E-state index in [1.807, 2.05) is 0 Å². The van der Waals surface area contributed by atoms with Crippen molar-refractivity contribution in [3.63, 3.8) is 0 Å². The molecule has 0 aromatic heterocycles. The molecule has 10 heteroatoms. The number of rotatable bonds is 4. The molecule has 2 aliphatic heterocycles. The molecule has 2 N–H and O–H groups in total. The van der Waals surface area contributed by atoms with Gasteiger partial charge in [0.1, 0.15) is 5.82 Å². The number of amides is 1. The van der Waals surface area contributed by atoms with Crippen molar-refractivity contribution in [2.45, 2.75) is 25.0 Å². The molecule has 1 aromatic carbocycles. The van der Waals surface area contributed by atoms with Gasteiger partial charge in [-0.1, -0.05) is 41.0 Å². The molecule has 0 bridgehead atoms. The Hall–Kier alpha value is -2.16. The van der Waals surface area contributed by atoms with Gasteiger partial charge in [-0.25, -0.2) is 9.59 Å². The van der Waals surface area contributed by atoms with Gasteiger partial charge in [-0.05, 0) is 31.5 Å². The highest BCUT2D eigenvalue weighted by molar-refractivity contribution is 8.04. The SMILES string of the molecule is CCOC(=O)C1=C2S[C@H](C)C(=O)N2C(N)=C(C(=O)OC)[C@H]1c1ccc(Cl)cc1Cl. The van der Waals surface area contributed by atoms with Gasteiger partial charge in [-0.3, -0.25) is 9.69 Å². The standard InChI is InChI=1S/C19H18Cl2N2O5S/c1-4-28-19(26)14-12(10-6-5-9(20)7-11(10)21)13(18(25)27-3)15(22)23-16(24)8(2)29-17(14)23/h5-8,12H,4,22H2,1-3H3/t8-,12-/m1/s1. The van der Waals surface area contributed by atoms with E-state index in [0.29, 0.717) is 15.6 Å². The average molecular weight is 457 g/mol. The number of esters is 2. The first-order chi connectivity index (χ1) is 13.7. The highest BCUT2D eigenvalue weighted by Crippen LogP contribution is 2.50. The normalized spacial score (nSPS) is 21.4. The van der Waals surface area contributed by atoms with Gasteiger partial charge in [0.15, 0.2) is 0 Å². The predicted molar refractivity (Wildman–Crippen MR) is 110 cm³/mol. The van der Waals surface area contributed by atoms with Crippen LogP contribution in [0.25, 0.3) is 0 Å². The molecule has 0 spiro atoms. The van der Waals surface area contributed by atoms with Crippen LogP contribution in [0.1, 0.15) is 25.3 Å². The number of fused-ring (bicyclic) bond motifs is 1. The number of thioether (sulfide) groups is 1. The lowest BCUT2D eigenvalue weighted by molar-refractivity contribution is -0.139. The van der Waals surface area contributed by atoms with Crippen LogP contribution in [0.2, 0.25) is 10.0 Å². The summed E-state index contributed by atoms with van der Waals surface area (Å²) in [6.45, 7) is 3.46. The van der Waals surface area contributed by atoms with Crippen molar-refractivity contribution in [3.05, 3.63) is 55.8 Å². The highest BCUT2D eigenvalue weighted by Gasteiger charge is 2.49. The monoisotopic (exact) mass is 456 g/mol. The molecule has 154 valence electrons. The molecule has 0 unspecified atom stereocenters. The third-order valence-electron chi connectivity index (χ3n) is 4.56. The van der Waals surface area contributed by atoms with Crippen molar-refractivity contribution >= 4 is 52.8 Å². The zero-order chi connectivity index (χ0) is 21.5. The second-order valence-electron chi connectivity index (χ2n) is 6.26. The fourth-order valence-electron chi connectivity index (χ4n) is 3.29. The summed E-state index contributed by atoms with van der Waals surface area (Å²) in [6, 6.07) is 4.69. The second kappa shape index (κ2) is 8.30. The van der Waals surface area contributed by atoms with Gasteiger partial charge in [0.25, 0.3) is 0 Å². The molecule has 2 heterocycles. The summed E-state index contributed by atoms with van der Waals surface area (Å²) >= 11 is 13.6. The van der Waals surface area contributed by atoms with Crippen LogP contribution < -0.4 is 5.73 Å². The van der Waals surface area contributed by atoms with Crippen molar-refractivity contribution in [2.75, 3.05) is 13.7 Å². The third-order valence-corrected chi connectivity index (χ3v) is 6.30. The number of carbonyl (C=O) groups is 3. The fourth-order valence-corrected chi connectivity index (χ4v) is 4.97. The molecule has 3 rings (SSSR count). The van der Waals surface area contributed by atoms with Crippen LogP contribution in [0.3, 0.4) is 0 Å². The Morgan fingerprint density at radius 2 is 1.93 bits per heavy atom. The summed E-state index contributed by atoms with van der Waals surface area (Å²) in [5.41, 5.74) is 6.71. The van der Waals surface area contributed by atoms with E-state index in [-0.39, 0.29) is 34.5 Å². The summed E-state index contributed by atoms with van der Waals surface area (Å²) in [5.74, 6) is -2.88. The Balaban J connectivity index is 2.35. The zero-order valence-electron chi connectivity index (χ0n) is 15.8. The van der Waals surface area contributed by atoms with Crippen molar-refractivity contribution in [1.29, 1.82) is 0 Å². The molecule has 0 saturated carbocycles. The van der Waals surface area contributed by atoms with Gasteiger partial charge in [0.2, 0.25) is 5.91 Å². The van der Waals surface area contributed by atoms with E-state index < -0.39 is 23.1 Å². The number of benzene rings is 1. The Morgan fingerprint density at radius 3 is 2.52 bits per heavy atom. The van der Waals surface area contributed by atoms with Crippen LogP contribution in [-0.4, -0.2) is 41.7 Å². The van der Waals surface area contributed by atoms with E-state index >= 15 is 0 Å². The van der Waals surface area contributed by atoms with Crippen molar-refractivity contribution in [3.8, 4) is 0 Å². The number of halogens is 2. The fraction of sp³-hybridized carbons (Fsp3) is 0.316. The van der Waals surface area contributed by atoms with E-state index in [1.54, 1.807) is 26.0 Å². The molecule has 29 heavy (non-hydrogen) atoms. The minimum Gasteiger partial charge on any atom is -0.466 e. The van der Waals surface area contributed by atoms with Gasteiger partial charge in [-0.2, -0.15) is 0 Å². The number of nitrogens with two attached hydrogens (primary N) is 1. The summed E-state index contributed by atoms with van der Waals surface area (Å²) in [7, 11) is 1.19. The number of hydrogen-bond donors (Lipinski definition) is 1. The van der Waals surface area contributed by atoms with Crippen molar-refractivity contribution in [2.24, 2.45) is 5.73 Å². The Morgan fingerprint density at radius 1 is 1.24 bits per heavy atom. The van der Waals surface area contributed by atoms with Crippen molar-refractivity contribution < 1.29 is 23.9 Å². The van der Waals surface area contributed by atoms with Gasteiger partial charge in [0, 0.05) is 10.0 Å². The number of ether oxygens (including phenoxy) is 2. The number of methoxy groups -OCH3 is 1. The summed E-state index contributed by atoms with van der Waals surface area (Å²) in [6.07, 6.45) is 0. The second-order valence-corrected chi connectivity index (χ2v) is 8.44. The van der Waals surface area contributed by atoms with Crippen LogP contribution in [0.4, 0.5) is 0 Å². The molecule has 7 nitrogen and oxygen atoms in total. The molecule has 1 amide bonds. The summed E-state index contributed by atoms with van der Waals surface area (Å²) in [5, 5.41) is 0.445. The number of carbonyl (C=O) groups excluding carboxylic acids is 3. The average Bonchev–Trinajstić information content (AvgIpc) is 2.96. The minimum atomic E-state index is -0.983. The third kappa shape index (κ3) is 3.60. The van der Waals surface area contributed by atoms with Gasteiger partial charge >= 0.3 is 11.9 Å². The minimum absolute atomic E-state index is 0.0634. The first-order valence-corrected chi connectivity index (χ1v) is 10.3. The van der Waals surface area contributed by atoms with Gasteiger partial charge < -0.3 is 15.2 Å². The van der Waals surface area contributed by atoms with E-state index in [2.05, 4.69) is 0 Å². The van der Waals surface area contributed by atoms with Crippen LogP contribution >= 0.6 is 35.0 Å². The lowest BCUT2D eigenvalue weighted by Gasteiger charge is -2.33. The van der Waals surface area contributed by atoms with Crippen LogP contribution in [0.15, 0.2) is 40.2 Å². The number of nitrogens with zero attached hydrogens (tertiary/aromatic N) is 1. The summed E-state index contributed by atoms with van der Waals surface area (Å²) in [4.78, 5) is 39.5. The lowest BCUT2D eigenvalue weighted by Crippen LogP contribution is -2.40. The molecular weight excluding hydrogens is 439 g/mol. The Labute approximate surface area is 181 Å². The number of hydrogen-bond acceptors (Lipinski definition) is 7. The lowest BCUT2D eigenvalue weighted by atomic mass is 9.82. The van der Waals surface area contributed by atoms with E-state index in [0.717, 1.165) is 0 Å². The molecule has 1 fully saturated rings. The smallest absolute Gasteiger partial charge is 0.338 e. The first kappa shape index (κ1) is 21.5. The van der Waals surface area contributed by atoms with E-state index in [4.69, 9.17) is 38.4 Å². The molecule has 0 aliphatic carbocycles. The van der Waals surface area contributed by atoms with Crippen LogP contribution in [-0.2, 0) is 23.9 Å². The van der Waals surface area contributed by atoms with Crippen LogP contribution in [0, 0.1) is 0 Å². The molecule has 2 aliphatic rings. The summed E-state index contributed by atoms with van der Waals surface area (Å²) < 4.78 is 10.1. The van der Waals surface area contributed by atoms with E-state index in [9.17, 15) is 14.4 Å². The molecular formula is C19H18Cl2N2O5S. The van der Waals surface area contributed by atoms with Gasteiger partial charge in [-0.15, -0.1) is 0 Å². The van der Waals surface area contributed by atoms with Crippen LogP contribution in [0.5, 0.6) is 0 Å². The largest absolute Gasteiger partial charge is 0.466 e. The molecule has 0 radical (unpaired) electrons. The Bertz CT molecular complexity index is 975. The molecule has 1 aromatic rings. The molecule has 2 atom stereocenters. The zero-order valence-corrected chi connectivity index (χ0v) is 18.2. The van der Waals surface area contributed by atoms with E-state index in [1.165, 1.54) is 29.8 Å². The maximum Gasteiger partial charge on any atom is 0.338 e. The molecule has 1 saturated heterocycles. The maximum absolute atomic E-state index is 13.0. The Kier molecular flexibility index (Phi) is 6.16. The maximum atomic E-state index is 13.0.